The van der Waals surface area contributed by atoms with Crippen LogP contribution in [0.15, 0.2) is 12.7 Å². The molecule has 0 saturated heterocycles. The molecule has 0 aromatic carbocycles. The summed E-state index contributed by atoms with van der Waals surface area (Å²) in [6.45, 7) is 12.9. The number of hydrogen-bond acceptors (Lipinski definition) is 2. The van der Waals surface area contributed by atoms with E-state index in [-0.39, 0.29) is 0 Å². The standard InChI is InChI=1S/C13H28N2/c1-5-7-8-10-15(4)12-13(3)11-14-9-6-2/h5,13-14H,1,6-12H2,2-4H3. The second-order valence-corrected chi connectivity index (χ2v) is 4.50. The fraction of sp³-hybridized carbons (Fsp3) is 0.846. The zero-order chi connectivity index (χ0) is 11.5. The highest BCUT2D eigenvalue weighted by molar-refractivity contribution is 4.68. The summed E-state index contributed by atoms with van der Waals surface area (Å²) in [5.74, 6) is 0.741. The molecule has 1 unspecified atom stereocenters. The van der Waals surface area contributed by atoms with Gasteiger partial charge in [-0.3, -0.25) is 0 Å². The molecule has 2 nitrogen and oxygen atoms in total. The van der Waals surface area contributed by atoms with Crippen LogP contribution in [0.4, 0.5) is 0 Å². The Morgan fingerprint density at radius 3 is 2.80 bits per heavy atom. The van der Waals surface area contributed by atoms with Gasteiger partial charge in [0, 0.05) is 6.54 Å². The van der Waals surface area contributed by atoms with Crippen molar-refractivity contribution in [2.24, 2.45) is 5.92 Å². The Labute approximate surface area is 95.7 Å². The van der Waals surface area contributed by atoms with Crippen LogP contribution < -0.4 is 5.32 Å². The second kappa shape index (κ2) is 10.2. The third kappa shape index (κ3) is 9.95. The predicted octanol–water partition coefficient (Wildman–Crippen LogP) is 2.52. The summed E-state index contributed by atoms with van der Waals surface area (Å²) in [5.41, 5.74) is 0. The number of rotatable bonds is 10. The maximum atomic E-state index is 3.74. The first-order valence-corrected chi connectivity index (χ1v) is 6.20. The Bertz CT molecular complexity index is 145. The molecular formula is C13H28N2. The summed E-state index contributed by atoms with van der Waals surface area (Å²) in [5, 5.41) is 3.46. The molecule has 0 saturated carbocycles. The maximum absolute atomic E-state index is 3.74. The van der Waals surface area contributed by atoms with Gasteiger partial charge in [0.05, 0.1) is 0 Å². The molecule has 90 valence electrons. The van der Waals surface area contributed by atoms with Gasteiger partial charge in [0.25, 0.3) is 0 Å². The van der Waals surface area contributed by atoms with E-state index in [1.807, 2.05) is 6.08 Å². The average molecular weight is 212 g/mol. The Balaban J connectivity index is 3.39. The summed E-state index contributed by atoms with van der Waals surface area (Å²) >= 11 is 0. The van der Waals surface area contributed by atoms with Crippen LogP contribution in [0.5, 0.6) is 0 Å². The number of unbranched alkanes of at least 4 members (excludes halogenated alkanes) is 1. The van der Waals surface area contributed by atoms with E-state index in [1.165, 1.54) is 25.9 Å². The van der Waals surface area contributed by atoms with E-state index in [2.05, 4.69) is 37.7 Å². The molecule has 0 rings (SSSR count). The fourth-order valence-electron chi connectivity index (χ4n) is 1.72. The van der Waals surface area contributed by atoms with Gasteiger partial charge in [-0.05, 0) is 51.9 Å². The van der Waals surface area contributed by atoms with Crippen LogP contribution in [0.25, 0.3) is 0 Å². The van der Waals surface area contributed by atoms with E-state index in [0.717, 1.165) is 25.4 Å². The second-order valence-electron chi connectivity index (χ2n) is 4.50. The minimum atomic E-state index is 0.741. The molecule has 0 aromatic rings. The lowest BCUT2D eigenvalue weighted by molar-refractivity contribution is 0.279. The minimum absolute atomic E-state index is 0.741. The first-order valence-electron chi connectivity index (χ1n) is 6.20. The first-order chi connectivity index (χ1) is 7.20. The van der Waals surface area contributed by atoms with Gasteiger partial charge in [-0.2, -0.15) is 0 Å². The molecular weight excluding hydrogens is 184 g/mol. The average Bonchev–Trinajstić information content (AvgIpc) is 2.18. The predicted molar refractivity (Wildman–Crippen MR) is 69.3 cm³/mol. The molecule has 15 heavy (non-hydrogen) atoms. The summed E-state index contributed by atoms with van der Waals surface area (Å²) in [6.07, 6.45) is 5.59. The van der Waals surface area contributed by atoms with Crippen molar-refractivity contribution in [3.05, 3.63) is 12.7 Å². The van der Waals surface area contributed by atoms with E-state index >= 15 is 0 Å². The molecule has 0 amide bonds. The minimum Gasteiger partial charge on any atom is -0.316 e. The highest BCUT2D eigenvalue weighted by atomic mass is 15.1. The Hall–Kier alpha value is -0.340. The van der Waals surface area contributed by atoms with Gasteiger partial charge >= 0.3 is 0 Å². The van der Waals surface area contributed by atoms with E-state index in [4.69, 9.17) is 0 Å². The third-order valence-corrected chi connectivity index (χ3v) is 2.49. The van der Waals surface area contributed by atoms with Crippen molar-refractivity contribution in [2.45, 2.75) is 33.1 Å². The summed E-state index contributed by atoms with van der Waals surface area (Å²) in [4.78, 5) is 2.42. The molecule has 2 heteroatoms. The quantitative estimate of drug-likeness (QED) is 0.442. The lowest BCUT2D eigenvalue weighted by Gasteiger charge is -2.21. The van der Waals surface area contributed by atoms with Crippen molar-refractivity contribution in [1.82, 2.24) is 10.2 Å². The first kappa shape index (κ1) is 14.7. The van der Waals surface area contributed by atoms with Gasteiger partial charge in [-0.15, -0.1) is 6.58 Å². The van der Waals surface area contributed by atoms with Gasteiger partial charge in [0.15, 0.2) is 0 Å². The lowest BCUT2D eigenvalue weighted by atomic mass is 10.1. The topological polar surface area (TPSA) is 15.3 Å². The maximum Gasteiger partial charge on any atom is 0.00161 e. The van der Waals surface area contributed by atoms with Gasteiger partial charge in [0.2, 0.25) is 0 Å². The molecule has 0 radical (unpaired) electrons. The van der Waals surface area contributed by atoms with E-state index < -0.39 is 0 Å². The largest absolute Gasteiger partial charge is 0.316 e. The van der Waals surface area contributed by atoms with Crippen molar-refractivity contribution >= 4 is 0 Å². The van der Waals surface area contributed by atoms with Crippen LogP contribution >= 0.6 is 0 Å². The molecule has 0 aromatic heterocycles. The molecule has 0 aliphatic carbocycles. The van der Waals surface area contributed by atoms with Crippen molar-refractivity contribution in [3.8, 4) is 0 Å². The number of hydrogen-bond donors (Lipinski definition) is 1. The SMILES string of the molecule is C=CCCCN(C)CC(C)CNCCC. The van der Waals surface area contributed by atoms with Crippen LogP contribution in [-0.4, -0.2) is 38.1 Å². The summed E-state index contributed by atoms with van der Waals surface area (Å²) < 4.78 is 0. The van der Waals surface area contributed by atoms with E-state index in [9.17, 15) is 0 Å². The molecule has 0 aliphatic rings. The molecule has 0 bridgehead atoms. The van der Waals surface area contributed by atoms with Crippen molar-refractivity contribution in [3.63, 3.8) is 0 Å². The zero-order valence-electron chi connectivity index (χ0n) is 10.8. The third-order valence-electron chi connectivity index (χ3n) is 2.49. The zero-order valence-corrected chi connectivity index (χ0v) is 10.8. The normalized spacial score (nSPS) is 13.1. The van der Waals surface area contributed by atoms with Crippen LogP contribution in [0.2, 0.25) is 0 Å². The van der Waals surface area contributed by atoms with Crippen molar-refractivity contribution < 1.29 is 0 Å². The van der Waals surface area contributed by atoms with Gasteiger partial charge in [-0.1, -0.05) is 19.9 Å². The highest BCUT2D eigenvalue weighted by Gasteiger charge is 2.05. The van der Waals surface area contributed by atoms with Gasteiger partial charge in [0.1, 0.15) is 0 Å². The lowest BCUT2D eigenvalue weighted by Crippen LogP contribution is -2.31. The Morgan fingerprint density at radius 1 is 1.47 bits per heavy atom. The molecule has 0 aliphatic heterocycles. The fourth-order valence-corrected chi connectivity index (χ4v) is 1.72. The van der Waals surface area contributed by atoms with Crippen molar-refractivity contribution in [2.75, 3.05) is 33.2 Å². The van der Waals surface area contributed by atoms with Crippen LogP contribution in [0, 0.1) is 5.92 Å². The number of nitrogens with zero attached hydrogens (tertiary/aromatic N) is 1. The molecule has 0 heterocycles. The summed E-state index contributed by atoms with van der Waals surface area (Å²) in [6, 6.07) is 0. The smallest absolute Gasteiger partial charge is 0.00161 e. The van der Waals surface area contributed by atoms with Crippen LogP contribution in [-0.2, 0) is 0 Å². The highest BCUT2D eigenvalue weighted by Crippen LogP contribution is 1.99. The molecule has 0 fully saturated rings. The molecule has 0 spiro atoms. The molecule has 1 N–H and O–H groups in total. The van der Waals surface area contributed by atoms with Crippen LogP contribution in [0.3, 0.4) is 0 Å². The Kier molecular flexibility index (Phi) is 9.96. The van der Waals surface area contributed by atoms with Crippen molar-refractivity contribution in [1.29, 1.82) is 0 Å². The van der Waals surface area contributed by atoms with E-state index in [1.54, 1.807) is 0 Å². The number of nitrogens with one attached hydrogen (secondary N) is 1. The van der Waals surface area contributed by atoms with Gasteiger partial charge in [-0.25, -0.2) is 0 Å². The molecule has 1 atom stereocenters. The van der Waals surface area contributed by atoms with Crippen LogP contribution in [0.1, 0.15) is 33.1 Å². The summed E-state index contributed by atoms with van der Waals surface area (Å²) in [7, 11) is 2.21. The van der Waals surface area contributed by atoms with E-state index in [0.29, 0.717) is 0 Å². The van der Waals surface area contributed by atoms with Gasteiger partial charge < -0.3 is 10.2 Å². The number of allylic oxidation sites excluding steroid dienone is 1. The monoisotopic (exact) mass is 212 g/mol. The Morgan fingerprint density at radius 2 is 2.20 bits per heavy atom.